The molecule has 0 aliphatic rings. The van der Waals surface area contributed by atoms with E-state index in [1.165, 1.54) is 0 Å². The molecule has 0 aromatic heterocycles. The molecule has 2 amide bonds. The van der Waals surface area contributed by atoms with Crippen LogP contribution in [0.1, 0.15) is 31.0 Å². The minimum absolute atomic E-state index is 0.0709. The molecule has 0 aliphatic heterocycles. The third kappa shape index (κ3) is 4.45. The van der Waals surface area contributed by atoms with Crippen LogP contribution in [0.25, 0.3) is 0 Å². The van der Waals surface area contributed by atoms with E-state index in [1.54, 1.807) is 0 Å². The molecule has 108 valence electrons. The SMILES string of the molecule is C/C(=N\NC(=O)NC(C)c1ccccc1)c1ccccc1. The lowest BCUT2D eigenvalue weighted by molar-refractivity contribution is 0.238. The summed E-state index contributed by atoms with van der Waals surface area (Å²) in [4.78, 5) is 11.8. The van der Waals surface area contributed by atoms with Crippen LogP contribution in [-0.4, -0.2) is 11.7 Å². The number of hydrazone groups is 1. The van der Waals surface area contributed by atoms with Gasteiger partial charge in [0.05, 0.1) is 11.8 Å². The number of amides is 2. The van der Waals surface area contributed by atoms with Gasteiger partial charge >= 0.3 is 6.03 Å². The van der Waals surface area contributed by atoms with Crippen LogP contribution in [0.3, 0.4) is 0 Å². The van der Waals surface area contributed by atoms with Crippen molar-refractivity contribution in [2.24, 2.45) is 5.10 Å². The third-order valence-electron chi connectivity index (χ3n) is 3.16. The average Bonchev–Trinajstić information content (AvgIpc) is 2.54. The number of nitrogens with one attached hydrogen (secondary N) is 2. The van der Waals surface area contributed by atoms with Crippen molar-refractivity contribution in [3.8, 4) is 0 Å². The average molecular weight is 281 g/mol. The first-order chi connectivity index (χ1) is 10.2. The third-order valence-corrected chi connectivity index (χ3v) is 3.16. The van der Waals surface area contributed by atoms with E-state index in [9.17, 15) is 4.79 Å². The topological polar surface area (TPSA) is 53.5 Å². The molecule has 0 spiro atoms. The van der Waals surface area contributed by atoms with Gasteiger partial charge in [0, 0.05) is 0 Å². The first kappa shape index (κ1) is 14.8. The van der Waals surface area contributed by atoms with Crippen LogP contribution < -0.4 is 10.7 Å². The minimum atomic E-state index is -0.318. The Labute approximate surface area is 124 Å². The predicted molar refractivity (Wildman–Crippen MR) is 85.2 cm³/mol. The smallest absolute Gasteiger partial charge is 0.330 e. The van der Waals surface area contributed by atoms with Gasteiger partial charge in [-0.05, 0) is 25.0 Å². The van der Waals surface area contributed by atoms with E-state index in [-0.39, 0.29) is 12.1 Å². The van der Waals surface area contributed by atoms with Crippen LogP contribution in [-0.2, 0) is 0 Å². The maximum Gasteiger partial charge on any atom is 0.335 e. The van der Waals surface area contributed by atoms with Gasteiger partial charge in [-0.15, -0.1) is 0 Å². The lowest BCUT2D eigenvalue weighted by Gasteiger charge is -2.13. The summed E-state index contributed by atoms with van der Waals surface area (Å²) in [6, 6.07) is 19.1. The Morgan fingerprint density at radius 1 is 1.00 bits per heavy atom. The molecule has 4 nitrogen and oxygen atoms in total. The molecule has 2 aromatic carbocycles. The van der Waals surface area contributed by atoms with Crippen molar-refractivity contribution in [3.05, 3.63) is 71.8 Å². The highest BCUT2D eigenvalue weighted by atomic mass is 16.2. The van der Waals surface area contributed by atoms with Gasteiger partial charge in [-0.2, -0.15) is 5.10 Å². The van der Waals surface area contributed by atoms with Gasteiger partial charge in [-0.1, -0.05) is 60.7 Å². The Bertz CT molecular complexity index is 608. The van der Waals surface area contributed by atoms with E-state index in [2.05, 4.69) is 15.8 Å². The fourth-order valence-corrected chi connectivity index (χ4v) is 1.93. The van der Waals surface area contributed by atoms with Gasteiger partial charge in [-0.3, -0.25) is 0 Å². The van der Waals surface area contributed by atoms with Crippen LogP contribution in [0.2, 0.25) is 0 Å². The van der Waals surface area contributed by atoms with Gasteiger partial charge in [0.1, 0.15) is 0 Å². The quantitative estimate of drug-likeness (QED) is 0.654. The second-order valence-corrected chi connectivity index (χ2v) is 4.78. The summed E-state index contributed by atoms with van der Waals surface area (Å²) in [5, 5.41) is 6.94. The van der Waals surface area contributed by atoms with Gasteiger partial charge in [-0.25, -0.2) is 10.2 Å². The number of hydrogen-bond acceptors (Lipinski definition) is 2. The number of urea groups is 1. The molecule has 1 atom stereocenters. The van der Waals surface area contributed by atoms with E-state index in [0.29, 0.717) is 0 Å². The molecular weight excluding hydrogens is 262 g/mol. The molecule has 0 heterocycles. The lowest BCUT2D eigenvalue weighted by Crippen LogP contribution is -2.34. The number of nitrogens with zero attached hydrogens (tertiary/aromatic N) is 1. The van der Waals surface area contributed by atoms with Crippen molar-refractivity contribution in [2.45, 2.75) is 19.9 Å². The largest absolute Gasteiger partial charge is 0.335 e. The molecule has 0 radical (unpaired) electrons. The Morgan fingerprint density at radius 2 is 1.57 bits per heavy atom. The molecule has 2 aromatic rings. The van der Waals surface area contributed by atoms with Crippen LogP contribution in [0.5, 0.6) is 0 Å². The standard InChI is InChI=1S/C17H19N3O/c1-13(15-9-5-3-6-10-15)18-17(21)20-19-14(2)16-11-7-4-8-12-16/h3-13H,1-2H3,(H2,18,20,21)/b19-14+. The zero-order valence-electron chi connectivity index (χ0n) is 12.2. The van der Waals surface area contributed by atoms with E-state index < -0.39 is 0 Å². The minimum Gasteiger partial charge on any atom is -0.330 e. The first-order valence-corrected chi connectivity index (χ1v) is 6.88. The monoisotopic (exact) mass is 281 g/mol. The summed E-state index contributed by atoms with van der Waals surface area (Å²) in [6.45, 7) is 3.79. The van der Waals surface area contributed by atoms with Crippen molar-refractivity contribution in [1.29, 1.82) is 0 Å². The first-order valence-electron chi connectivity index (χ1n) is 6.88. The number of carbonyl (C=O) groups is 1. The highest BCUT2D eigenvalue weighted by molar-refractivity contribution is 5.99. The summed E-state index contributed by atoms with van der Waals surface area (Å²) in [5.41, 5.74) is 5.31. The molecular formula is C17H19N3O. The Morgan fingerprint density at radius 3 is 2.19 bits per heavy atom. The normalized spacial score (nSPS) is 12.6. The maximum atomic E-state index is 11.8. The van der Waals surface area contributed by atoms with Crippen LogP contribution in [0.15, 0.2) is 65.8 Å². The van der Waals surface area contributed by atoms with Gasteiger partial charge in [0.15, 0.2) is 0 Å². The van der Waals surface area contributed by atoms with Gasteiger partial charge in [0.25, 0.3) is 0 Å². The van der Waals surface area contributed by atoms with Gasteiger partial charge < -0.3 is 5.32 Å². The van der Waals surface area contributed by atoms with Crippen molar-refractivity contribution >= 4 is 11.7 Å². The number of benzene rings is 2. The number of carbonyl (C=O) groups excluding carboxylic acids is 1. The van der Waals surface area contributed by atoms with Crippen molar-refractivity contribution in [1.82, 2.24) is 10.7 Å². The van der Waals surface area contributed by atoms with Crippen LogP contribution in [0, 0.1) is 0 Å². The zero-order chi connectivity index (χ0) is 15.1. The summed E-state index contributed by atoms with van der Waals surface area (Å²) in [7, 11) is 0. The molecule has 2 N–H and O–H groups in total. The van der Waals surface area contributed by atoms with E-state index in [4.69, 9.17) is 0 Å². The second-order valence-electron chi connectivity index (χ2n) is 4.78. The highest BCUT2D eigenvalue weighted by Crippen LogP contribution is 2.10. The highest BCUT2D eigenvalue weighted by Gasteiger charge is 2.08. The molecule has 21 heavy (non-hydrogen) atoms. The summed E-state index contributed by atoms with van der Waals surface area (Å²) in [5.74, 6) is 0. The van der Waals surface area contributed by atoms with Crippen LogP contribution in [0.4, 0.5) is 4.79 Å². The van der Waals surface area contributed by atoms with E-state index >= 15 is 0 Å². The van der Waals surface area contributed by atoms with Crippen molar-refractivity contribution < 1.29 is 4.79 Å². The number of hydrogen-bond donors (Lipinski definition) is 2. The molecule has 1 unspecified atom stereocenters. The zero-order valence-corrected chi connectivity index (χ0v) is 12.2. The maximum absolute atomic E-state index is 11.8. The Balaban J connectivity index is 1.90. The lowest BCUT2D eigenvalue weighted by atomic mass is 10.1. The summed E-state index contributed by atoms with van der Waals surface area (Å²) in [6.07, 6.45) is 0. The van der Waals surface area contributed by atoms with Crippen molar-refractivity contribution in [3.63, 3.8) is 0 Å². The van der Waals surface area contributed by atoms with Crippen molar-refractivity contribution in [2.75, 3.05) is 0 Å². The summed E-state index contributed by atoms with van der Waals surface area (Å²) >= 11 is 0. The fraction of sp³-hybridized carbons (Fsp3) is 0.176. The molecule has 2 rings (SSSR count). The molecule has 0 bridgehead atoms. The van der Waals surface area contributed by atoms with Crippen LogP contribution >= 0.6 is 0 Å². The van der Waals surface area contributed by atoms with Gasteiger partial charge in [0.2, 0.25) is 0 Å². The molecule has 0 aliphatic carbocycles. The number of rotatable bonds is 4. The second kappa shape index (κ2) is 7.24. The predicted octanol–water partition coefficient (Wildman–Crippen LogP) is 3.47. The Hall–Kier alpha value is -2.62. The molecule has 0 saturated heterocycles. The molecule has 0 fully saturated rings. The summed E-state index contributed by atoms with van der Waals surface area (Å²) < 4.78 is 0. The van der Waals surface area contributed by atoms with E-state index in [1.807, 2.05) is 74.5 Å². The van der Waals surface area contributed by atoms with E-state index in [0.717, 1.165) is 16.8 Å². The molecule has 0 saturated carbocycles. The Kier molecular flexibility index (Phi) is 5.10. The fourth-order valence-electron chi connectivity index (χ4n) is 1.93. The molecule has 4 heteroatoms.